The van der Waals surface area contributed by atoms with Crippen molar-refractivity contribution in [1.29, 1.82) is 0 Å². The molecule has 0 radical (unpaired) electrons. The third-order valence-electron chi connectivity index (χ3n) is 17.3. The maximum atomic E-state index is 12.0. The first-order chi connectivity index (χ1) is 26.2. The average Bonchev–Trinajstić information content (AvgIpc) is 3.15. The van der Waals surface area contributed by atoms with Crippen LogP contribution >= 0.6 is 0 Å². The standard InChI is InChI=1S/C16H24O4.C16H26O2.C15H24O2/c1-3-14(17)19-9-15(18)20-16(2)12-5-10-4-11(7-12)8-13(16)6-10;1-4-15(17)18-16(10(2)3)13-6-11-5-12(8-13)9-14(16)7-11;1-3-14(16)17-15(4-2)12-6-10-5-11(8-12)9-13(15)7-10/h10-13H,3-9H2,1-2H3;10-14H,4-9H2,1-3H3;10-13H,3-9H2,1-2H3. The van der Waals surface area contributed by atoms with E-state index in [1.54, 1.807) is 6.92 Å². The molecule has 0 aliphatic heterocycles. The molecule has 8 heteroatoms. The molecule has 12 aliphatic rings. The molecule has 8 nitrogen and oxygen atoms in total. The molecule has 0 aromatic carbocycles. The van der Waals surface area contributed by atoms with Crippen LogP contribution in [-0.4, -0.2) is 47.3 Å². The first-order valence-corrected chi connectivity index (χ1v) is 23.1. The number of hydrogen-bond acceptors (Lipinski definition) is 8. The zero-order valence-corrected chi connectivity index (χ0v) is 35.4. The second-order valence-corrected chi connectivity index (χ2v) is 20.6. The van der Waals surface area contributed by atoms with Gasteiger partial charge >= 0.3 is 23.9 Å². The molecule has 12 aliphatic carbocycles. The summed E-state index contributed by atoms with van der Waals surface area (Å²) in [5.41, 5.74) is -0.538. The van der Waals surface area contributed by atoms with Gasteiger partial charge in [0.25, 0.3) is 0 Å². The van der Waals surface area contributed by atoms with E-state index in [2.05, 4.69) is 27.7 Å². The second-order valence-electron chi connectivity index (χ2n) is 20.6. The molecule has 0 amide bonds. The van der Waals surface area contributed by atoms with Crippen molar-refractivity contribution < 1.29 is 38.1 Å². The van der Waals surface area contributed by atoms with Gasteiger partial charge in [-0.1, -0.05) is 41.5 Å². The Kier molecular flexibility index (Phi) is 12.1. The number of carbonyl (C=O) groups is 4. The van der Waals surface area contributed by atoms with E-state index >= 15 is 0 Å². The fourth-order valence-electron chi connectivity index (χ4n) is 15.3. The Morgan fingerprint density at radius 3 is 1.20 bits per heavy atom. The average molecular weight is 767 g/mol. The highest BCUT2D eigenvalue weighted by Crippen LogP contribution is 2.63. The molecule has 0 spiro atoms. The Balaban J connectivity index is 0.000000127. The van der Waals surface area contributed by atoms with Crippen LogP contribution in [0.2, 0.25) is 0 Å². The van der Waals surface area contributed by atoms with Gasteiger partial charge in [-0.15, -0.1) is 0 Å². The zero-order chi connectivity index (χ0) is 39.3. The minimum atomic E-state index is -0.387. The van der Waals surface area contributed by atoms with E-state index in [1.165, 1.54) is 96.3 Å². The van der Waals surface area contributed by atoms with Crippen LogP contribution < -0.4 is 0 Å². The van der Waals surface area contributed by atoms with Gasteiger partial charge in [0.05, 0.1) is 0 Å². The maximum Gasteiger partial charge on any atom is 0.344 e. The molecular weight excluding hydrogens is 693 g/mol. The largest absolute Gasteiger partial charge is 0.458 e. The second kappa shape index (κ2) is 16.3. The van der Waals surface area contributed by atoms with Crippen molar-refractivity contribution in [1.82, 2.24) is 0 Å². The Labute approximate surface area is 332 Å². The number of hydrogen-bond donors (Lipinski definition) is 0. The van der Waals surface area contributed by atoms with E-state index < -0.39 is 0 Å². The van der Waals surface area contributed by atoms with Crippen LogP contribution in [0.4, 0.5) is 0 Å². The lowest BCUT2D eigenvalue weighted by Crippen LogP contribution is -2.62. The van der Waals surface area contributed by atoms with Gasteiger partial charge in [0.1, 0.15) is 16.8 Å². The summed E-state index contributed by atoms with van der Waals surface area (Å²) in [6, 6.07) is 0. The number of rotatable bonds is 10. The third-order valence-corrected chi connectivity index (χ3v) is 17.3. The number of ether oxygens (including phenoxy) is 4. The predicted molar refractivity (Wildman–Crippen MR) is 210 cm³/mol. The summed E-state index contributed by atoms with van der Waals surface area (Å²) in [5, 5.41) is 0. The molecule has 310 valence electrons. The molecule has 0 unspecified atom stereocenters. The Morgan fingerprint density at radius 1 is 0.473 bits per heavy atom. The summed E-state index contributed by atoms with van der Waals surface area (Å²) in [6.45, 7) is 14.1. The molecule has 0 aromatic rings. The Bertz CT molecular complexity index is 1330. The summed E-state index contributed by atoms with van der Waals surface area (Å²) >= 11 is 0. The van der Waals surface area contributed by atoms with E-state index in [4.69, 9.17) is 18.9 Å². The molecule has 0 N–H and O–H groups in total. The van der Waals surface area contributed by atoms with Gasteiger partial charge in [-0.2, -0.15) is 0 Å². The van der Waals surface area contributed by atoms with Gasteiger partial charge in [-0.3, -0.25) is 14.4 Å². The van der Waals surface area contributed by atoms with Crippen LogP contribution in [0, 0.1) is 76.9 Å². The van der Waals surface area contributed by atoms with Crippen LogP contribution in [0.3, 0.4) is 0 Å². The van der Waals surface area contributed by atoms with Crippen molar-refractivity contribution in [3.05, 3.63) is 0 Å². The van der Waals surface area contributed by atoms with Gasteiger partial charge in [0, 0.05) is 19.3 Å². The van der Waals surface area contributed by atoms with Gasteiger partial charge in [0.2, 0.25) is 0 Å². The fraction of sp³-hybridized carbons (Fsp3) is 0.915. The molecule has 0 saturated heterocycles. The third kappa shape index (κ3) is 7.77. The van der Waals surface area contributed by atoms with Gasteiger partial charge in [0.15, 0.2) is 6.61 Å². The van der Waals surface area contributed by atoms with Crippen molar-refractivity contribution in [2.45, 2.75) is 187 Å². The van der Waals surface area contributed by atoms with Crippen molar-refractivity contribution >= 4 is 23.9 Å². The first-order valence-electron chi connectivity index (χ1n) is 23.1. The molecule has 0 heterocycles. The molecule has 12 saturated carbocycles. The topological polar surface area (TPSA) is 105 Å². The number of esters is 4. The minimum Gasteiger partial charge on any atom is -0.458 e. The lowest BCUT2D eigenvalue weighted by molar-refractivity contribution is -0.224. The quantitative estimate of drug-likeness (QED) is 0.160. The van der Waals surface area contributed by atoms with Gasteiger partial charge < -0.3 is 18.9 Å². The van der Waals surface area contributed by atoms with E-state index in [9.17, 15) is 19.2 Å². The van der Waals surface area contributed by atoms with Crippen molar-refractivity contribution in [3.8, 4) is 0 Å². The Morgan fingerprint density at radius 2 is 0.836 bits per heavy atom. The lowest BCUT2D eigenvalue weighted by atomic mass is 9.47. The maximum absolute atomic E-state index is 12.0. The summed E-state index contributed by atoms with van der Waals surface area (Å²) < 4.78 is 22.7. The molecular formula is C47H74O8. The highest BCUT2D eigenvalue weighted by atomic mass is 16.6. The Hall–Kier alpha value is -2.12. The zero-order valence-electron chi connectivity index (χ0n) is 35.4. The monoisotopic (exact) mass is 767 g/mol. The van der Waals surface area contributed by atoms with Crippen LogP contribution in [0.15, 0.2) is 0 Å². The van der Waals surface area contributed by atoms with Crippen LogP contribution in [0.25, 0.3) is 0 Å². The van der Waals surface area contributed by atoms with Gasteiger partial charge in [-0.05, 0) is 187 Å². The SMILES string of the molecule is CCC(=O)OC1(C(C)C)C2CC3CC(C2)CC1C3.CCC(=O)OC1(CC)C2CC3CC(C2)CC1C3.CCC(=O)OCC(=O)OC1(C)C2CC3CC(C2)CC1C3. The molecule has 12 bridgehead atoms. The highest BCUT2D eigenvalue weighted by molar-refractivity contribution is 5.76. The van der Waals surface area contributed by atoms with E-state index in [0.717, 1.165) is 41.9 Å². The van der Waals surface area contributed by atoms with E-state index in [1.807, 2.05) is 13.8 Å². The highest BCUT2D eigenvalue weighted by Gasteiger charge is 2.61. The van der Waals surface area contributed by atoms with E-state index in [-0.39, 0.29) is 47.3 Å². The summed E-state index contributed by atoms with van der Waals surface area (Å²) in [6.07, 6.45) is 21.9. The van der Waals surface area contributed by atoms with Gasteiger partial charge in [-0.25, -0.2) is 4.79 Å². The van der Waals surface area contributed by atoms with Crippen molar-refractivity contribution in [3.63, 3.8) is 0 Å². The summed E-state index contributed by atoms with van der Waals surface area (Å²) in [5.74, 6) is 8.82. The lowest BCUT2D eigenvalue weighted by Gasteiger charge is -2.61. The fourth-order valence-corrected chi connectivity index (χ4v) is 15.3. The summed E-state index contributed by atoms with van der Waals surface area (Å²) in [7, 11) is 0. The van der Waals surface area contributed by atoms with Crippen molar-refractivity contribution in [2.75, 3.05) is 6.61 Å². The molecule has 0 aromatic heterocycles. The van der Waals surface area contributed by atoms with Crippen LogP contribution in [0.5, 0.6) is 0 Å². The molecule has 55 heavy (non-hydrogen) atoms. The smallest absolute Gasteiger partial charge is 0.344 e. The first kappa shape index (κ1) is 41.1. The minimum absolute atomic E-state index is 0.0103. The van der Waals surface area contributed by atoms with E-state index in [0.29, 0.717) is 60.7 Å². The summed E-state index contributed by atoms with van der Waals surface area (Å²) in [4.78, 5) is 46.7. The normalized spacial score (nSPS) is 44.6. The van der Waals surface area contributed by atoms with Crippen molar-refractivity contribution in [2.24, 2.45) is 76.9 Å². The van der Waals surface area contributed by atoms with Crippen LogP contribution in [0.1, 0.15) is 170 Å². The molecule has 0 atom stereocenters. The predicted octanol–water partition coefficient (Wildman–Crippen LogP) is 10.0. The molecule has 12 fully saturated rings. The van der Waals surface area contributed by atoms with Crippen LogP contribution in [-0.2, 0) is 38.1 Å². The number of carbonyl (C=O) groups excluding carboxylic acids is 4. The molecule has 12 rings (SSSR count).